The van der Waals surface area contributed by atoms with Gasteiger partial charge in [0.05, 0.1) is 12.0 Å². The third kappa shape index (κ3) is 3.13. The SMILES string of the molecule is COc1ccsc1CNC1CCCSC1. The van der Waals surface area contributed by atoms with Gasteiger partial charge in [-0.05, 0) is 30.0 Å². The summed E-state index contributed by atoms with van der Waals surface area (Å²) in [7, 11) is 1.74. The van der Waals surface area contributed by atoms with Crippen LogP contribution in [-0.4, -0.2) is 24.7 Å². The van der Waals surface area contributed by atoms with Gasteiger partial charge in [0.1, 0.15) is 5.75 Å². The number of hydrogen-bond donors (Lipinski definition) is 1. The Kier molecular flexibility index (Phi) is 4.35. The van der Waals surface area contributed by atoms with Crippen LogP contribution in [0.5, 0.6) is 5.75 Å². The van der Waals surface area contributed by atoms with E-state index in [1.54, 1.807) is 18.4 Å². The van der Waals surface area contributed by atoms with Crippen LogP contribution in [0.15, 0.2) is 11.4 Å². The lowest BCUT2D eigenvalue weighted by molar-refractivity contribution is 0.408. The van der Waals surface area contributed by atoms with Crippen LogP contribution in [0.2, 0.25) is 0 Å². The highest BCUT2D eigenvalue weighted by molar-refractivity contribution is 7.99. The normalized spacial score (nSPS) is 21.5. The fraction of sp³-hybridized carbons (Fsp3) is 0.636. The van der Waals surface area contributed by atoms with Crippen molar-refractivity contribution >= 4 is 23.1 Å². The number of methoxy groups -OCH3 is 1. The van der Waals surface area contributed by atoms with Crippen molar-refractivity contribution in [1.82, 2.24) is 5.32 Å². The molecule has 2 rings (SSSR count). The Morgan fingerprint density at radius 2 is 2.53 bits per heavy atom. The first-order valence-electron chi connectivity index (χ1n) is 5.31. The number of nitrogens with one attached hydrogen (secondary N) is 1. The Labute approximate surface area is 99.4 Å². The highest BCUT2D eigenvalue weighted by atomic mass is 32.2. The van der Waals surface area contributed by atoms with Gasteiger partial charge in [0.2, 0.25) is 0 Å². The molecule has 1 saturated heterocycles. The third-order valence-corrected chi connectivity index (χ3v) is 4.75. The lowest BCUT2D eigenvalue weighted by atomic mass is 10.2. The zero-order valence-corrected chi connectivity index (χ0v) is 10.6. The number of rotatable bonds is 4. The molecular formula is C11H17NOS2. The van der Waals surface area contributed by atoms with E-state index in [-0.39, 0.29) is 0 Å². The molecule has 15 heavy (non-hydrogen) atoms. The van der Waals surface area contributed by atoms with Gasteiger partial charge in [-0.25, -0.2) is 0 Å². The molecule has 1 unspecified atom stereocenters. The maximum absolute atomic E-state index is 5.29. The van der Waals surface area contributed by atoms with Crippen molar-refractivity contribution < 1.29 is 4.74 Å². The van der Waals surface area contributed by atoms with E-state index in [9.17, 15) is 0 Å². The molecule has 1 aliphatic heterocycles. The third-order valence-electron chi connectivity index (χ3n) is 2.64. The van der Waals surface area contributed by atoms with Gasteiger partial charge < -0.3 is 10.1 Å². The summed E-state index contributed by atoms with van der Waals surface area (Å²) in [5, 5.41) is 5.70. The molecule has 1 aromatic heterocycles. The lowest BCUT2D eigenvalue weighted by Gasteiger charge is -2.22. The molecule has 0 bridgehead atoms. The minimum absolute atomic E-state index is 0.690. The molecule has 0 saturated carbocycles. The summed E-state index contributed by atoms with van der Waals surface area (Å²) < 4.78 is 5.29. The van der Waals surface area contributed by atoms with E-state index >= 15 is 0 Å². The fourth-order valence-electron chi connectivity index (χ4n) is 1.78. The lowest BCUT2D eigenvalue weighted by Crippen LogP contribution is -2.33. The number of hydrogen-bond acceptors (Lipinski definition) is 4. The van der Waals surface area contributed by atoms with Gasteiger partial charge in [0, 0.05) is 18.3 Å². The predicted octanol–water partition coefficient (Wildman–Crippen LogP) is 2.74. The van der Waals surface area contributed by atoms with E-state index in [1.165, 1.54) is 29.2 Å². The monoisotopic (exact) mass is 243 g/mol. The summed E-state index contributed by atoms with van der Waals surface area (Å²) in [5.74, 6) is 3.62. The molecule has 1 N–H and O–H groups in total. The van der Waals surface area contributed by atoms with E-state index in [1.807, 2.05) is 6.07 Å². The van der Waals surface area contributed by atoms with Gasteiger partial charge in [0.15, 0.2) is 0 Å². The molecule has 0 aromatic carbocycles. The average molecular weight is 243 g/mol. The molecule has 0 spiro atoms. The molecule has 4 heteroatoms. The highest BCUT2D eigenvalue weighted by Gasteiger charge is 2.14. The standard InChI is InChI=1S/C11H17NOS2/c1-13-10-4-6-15-11(10)7-12-9-3-2-5-14-8-9/h4,6,9,12H,2-3,5,7-8H2,1H3. The number of ether oxygens (including phenoxy) is 1. The topological polar surface area (TPSA) is 21.3 Å². The second-order valence-corrected chi connectivity index (χ2v) is 5.86. The van der Waals surface area contributed by atoms with Crippen molar-refractivity contribution in [2.75, 3.05) is 18.6 Å². The first kappa shape index (κ1) is 11.3. The maximum atomic E-state index is 5.29. The zero-order chi connectivity index (χ0) is 10.5. The quantitative estimate of drug-likeness (QED) is 0.878. The van der Waals surface area contributed by atoms with Gasteiger partial charge in [-0.2, -0.15) is 11.8 Å². The average Bonchev–Trinajstić information content (AvgIpc) is 2.75. The van der Waals surface area contributed by atoms with E-state index in [0.29, 0.717) is 6.04 Å². The molecule has 2 heterocycles. The van der Waals surface area contributed by atoms with Crippen molar-refractivity contribution in [2.24, 2.45) is 0 Å². The van der Waals surface area contributed by atoms with Gasteiger partial charge in [-0.3, -0.25) is 0 Å². The number of thiophene rings is 1. The molecule has 1 fully saturated rings. The Morgan fingerprint density at radius 3 is 3.27 bits per heavy atom. The van der Waals surface area contributed by atoms with Crippen LogP contribution < -0.4 is 10.1 Å². The summed E-state index contributed by atoms with van der Waals surface area (Å²) >= 11 is 3.83. The minimum atomic E-state index is 0.690. The van der Waals surface area contributed by atoms with Crippen molar-refractivity contribution in [2.45, 2.75) is 25.4 Å². The smallest absolute Gasteiger partial charge is 0.134 e. The van der Waals surface area contributed by atoms with E-state index in [4.69, 9.17) is 4.74 Å². The molecule has 2 nitrogen and oxygen atoms in total. The summed E-state index contributed by atoms with van der Waals surface area (Å²) in [6.45, 7) is 0.950. The Morgan fingerprint density at radius 1 is 1.60 bits per heavy atom. The van der Waals surface area contributed by atoms with Gasteiger partial charge in [0.25, 0.3) is 0 Å². The van der Waals surface area contributed by atoms with Crippen LogP contribution in [0, 0.1) is 0 Å². The maximum Gasteiger partial charge on any atom is 0.134 e. The van der Waals surface area contributed by atoms with Crippen molar-refractivity contribution in [3.63, 3.8) is 0 Å². The first-order chi connectivity index (χ1) is 7.40. The zero-order valence-electron chi connectivity index (χ0n) is 8.99. The van der Waals surface area contributed by atoms with Crippen LogP contribution in [0.4, 0.5) is 0 Å². The van der Waals surface area contributed by atoms with Gasteiger partial charge >= 0.3 is 0 Å². The van der Waals surface area contributed by atoms with E-state index < -0.39 is 0 Å². The second kappa shape index (κ2) is 5.77. The van der Waals surface area contributed by atoms with Gasteiger partial charge in [-0.15, -0.1) is 11.3 Å². The summed E-state index contributed by atoms with van der Waals surface area (Å²) in [6.07, 6.45) is 2.67. The summed E-state index contributed by atoms with van der Waals surface area (Å²) in [5.41, 5.74) is 0. The first-order valence-corrected chi connectivity index (χ1v) is 7.35. The molecule has 1 aliphatic rings. The molecule has 0 aliphatic carbocycles. The summed E-state index contributed by atoms with van der Waals surface area (Å²) in [6, 6.07) is 2.73. The largest absolute Gasteiger partial charge is 0.496 e. The second-order valence-electron chi connectivity index (χ2n) is 3.71. The summed E-state index contributed by atoms with van der Waals surface area (Å²) in [4.78, 5) is 1.31. The van der Waals surface area contributed by atoms with Crippen LogP contribution in [0.25, 0.3) is 0 Å². The molecule has 1 aromatic rings. The van der Waals surface area contributed by atoms with E-state index in [0.717, 1.165) is 12.3 Å². The predicted molar refractivity (Wildman–Crippen MR) is 68.1 cm³/mol. The van der Waals surface area contributed by atoms with Crippen LogP contribution in [-0.2, 0) is 6.54 Å². The minimum Gasteiger partial charge on any atom is -0.496 e. The van der Waals surface area contributed by atoms with Crippen LogP contribution in [0.3, 0.4) is 0 Å². The van der Waals surface area contributed by atoms with Gasteiger partial charge in [-0.1, -0.05) is 0 Å². The Bertz CT molecular complexity index is 295. The molecular weight excluding hydrogens is 226 g/mol. The van der Waals surface area contributed by atoms with E-state index in [2.05, 4.69) is 22.5 Å². The highest BCUT2D eigenvalue weighted by Crippen LogP contribution is 2.25. The molecule has 1 atom stereocenters. The molecule has 84 valence electrons. The van der Waals surface area contributed by atoms with Crippen molar-refractivity contribution in [3.05, 3.63) is 16.3 Å². The number of thioether (sulfide) groups is 1. The van der Waals surface area contributed by atoms with Crippen LogP contribution in [0.1, 0.15) is 17.7 Å². The molecule has 0 radical (unpaired) electrons. The fourth-order valence-corrected chi connectivity index (χ4v) is 3.67. The van der Waals surface area contributed by atoms with Crippen molar-refractivity contribution in [3.8, 4) is 5.75 Å². The van der Waals surface area contributed by atoms with Crippen LogP contribution >= 0.6 is 23.1 Å². The van der Waals surface area contributed by atoms with Crippen molar-refractivity contribution in [1.29, 1.82) is 0 Å². The Balaban J connectivity index is 1.81. The Hall–Kier alpha value is -0.190. The molecule has 0 amide bonds.